The van der Waals surface area contributed by atoms with E-state index in [-0.39, 0.29) is 0 Å². The Morgan fingerprint density at radius 3 is 1.61 bits per heavy atom. The van der Waals surface area contributed by atoms with E-state index in [0.29, 0.717) is 11.5 Å². The van der Waals surface area contributed by atoms with Gasteiger partial charge in [0.2, 0.25) is 0 Å². The molecule has 6 rings (SSSR count). The van der Waals surface area contributed by atoms with Gasteiger partial charge in [-0.1, -0.05) is 86.5 Å². The normalized spacial score (nSPS) is 14.2. The molecule has 1 N–H and O–H groups in total. The first-order valence-corrected chi connectivity index (χ1v) is 11.6. The predicted molar refractivity (Wildman–Crippen MR) is 132 cm³/mol. The molecule has 0 aromatic heterocycles. The zero-order valence-electron chi connectivity index (χ0n) is 16.3. The molecule has 1 aliphatic heterocycles. The second-order valence-electron chi connectivity index (χ2n) is 7.79. The molecule has 0 unspecified atom stereocenters. The first-order chi connectivity index (χ1) is 15.1. The van der Waals surface area contributed by atoms with Crippen LogP contribution < -0.4 is 4.74 Å². The molecule has 5 aromatic rings. The van der Waals surface area contributed by atoms with Gasteiger partial charge in [-0.3, -0.25) is 0 Å². The quantitative estimate of drug-likeness (QED) is 0.238. The fourth-order valence-corrected chi connectivity index (χ4v) is 5.39. The van der Waals surface area contributed by atoms with Gasteiger partial charge >= 0.3 is 0 Å². The number of benzene rings is 5. The van der Waals surface area contributed by atoms with Crippen molar-refractivity contribution in [1.29, 1.82) is 0 Å². The number of halogens is 2. The van der Waals surface area contributed by atoms with Crippen LogP contribution in [0.4, 0.5) is 0 Å². The minimum absolute atomic E-state index is 0.666. The van der Waals surface area contributed by atoms with Crippen LogP contribution in [0.3, 0.4) is 0 Å². The van der Waals surface area contributed by atoms with Crippen molar-refractivity contribution >= 4 is 53.4 Å². The standard InChI is InChI=1S/C27H16Br2O2/c28-19-10-6-16-8-12-23-25(21(16)14-19)27(30,18-4-2-1-3-5-18)26-22-15-20(29)11-7-17(22)9-13-24(26)31-23/h1-15,30H. The molecule has 1 aliphatic rings. The molecule has 31 heavy (non-hydrogen) atoms. The Morgan fingerprint density at radius 1 is 0.613 bits per heavy atom. The van der Waals surface area contributed by atoms with Crippen LogP contribution >= 0.6 is 31.9 Å². The summed E-state index contributed by atoms with van der Waals surface area (Å²) in [5.74, 6) is 1.33. The van der Waals surface area contributed by atoms with Crippen molar-refractivity contribution in [3.8, 4) is 11.5 Å². The molecule has 0 saturated heterocycles. The summed E-state index contributed by atoms with van der Waals surface area (Å²) in [5.41, 5.74) is 0.945. The summed E-state index contributed by atoms with van der Waals surface area (Å²) < 4.78 is 8.31. The highest BCUT2D eigenvalue weighted by Crippen LogP contribution is 2.54. The van der Waals surface area contributed by atoms with E-state index < -0.39 is 5.60 Å². The van der Waals surface area contributed by atoms with Crippen LogP contribution in [0.15, 0.2) is 99.9 Å². The molecule has 0 spiro atoms. The van der Waals surface area contributed by atoms with Crippen LogP contribution in [0.2, 0.25) is 0 Å². The molecule has 150 valence electrons. The van der Waals surface area contributed by atoms with Crippen molar-refractivity contribution in [3.63, 3.8) is 0 Å². The molecule has 0 bridgehead atoms. The lowest BCUT2D eigenvalue weighted by molar-refractivity contribution is 0.116. The van der Waals surface area contributed by atoms with Gasteiger partial charge in [0, 0.05) is 20.1 Å². The summed E-state index contributed by atoms with van der Waals surface area (Å²) in [6, 6.07) is 30.1. The Kier molecular flexibility index (Phi) is 4.26. The molecule has 4 heteroatoms. The molecule has 0 atom stereocenters. The van der Waals surface area contributed by atoms with Crippen molar-refractivity contribution in [2.45, 2.75) is 5.60 Å². The van der Waals surface area contributed by atoms with Crippen molar-refractivity contribution < 1.29 is 9.84 Å². The predicted octanol–water partition coefficient (Wildman–Crippen LogP) is 7.91. The number of rotatable bonds is 1. The molecule has 0 radical (unpaired) electrons. The van der Waals surface area contributed by atoms with Gasteiger partial charge in [-0.05, 0) is 63.5 Å². The van der Waals surface area contributed by atoms with Crippen molar-refractivity contribution in [2.24, 2.45) is 0 Å². The highest BCUT2D eigenvalue weighted by molar-refractivity contribution is 9.10. The van der Waals surface area contributed by atoms with Gasteiger partial charge in [0.15, 0.2) is 0 Å². The summed E-state index contributed by atoms with van der Waals surface area (Å²) in [5, 5.41) is 16.7. The van der Waals surface area contributed by atoms with Gasteiger partial charge in [-0.15, -0.1) is 0 Å². The number of hydrogen-bond acceptors (Lipinski definition) is 2. The Hall–Kier alpha value is -2.66. The summed E-state index contributed by atoms with van der Waals surface area (Å²) in [7, 11) is 0. The third-order valence-corrected chi connectivity index (χ3v) is 7.01. The van der Waals surface area contributed by atoms with Crippen LogP contribution in [0.25, 0.3) is 21.5 Å². The van der Waals surface area contributed by atoms with E-state index in [1.807, 2.05) is 66.7 Å². The van der Waals surface area contributed by atoms with Crippen molar-refractivity contribution in [3.05, 3.63) is 117 Å². The molecule has 0 saturated carbocycles. The zero-order valence-corrected chi connectivity index (χ0v) is 19.4. The van der Waals surface area contributed by atoms with Crippen LogP contribution in [0.5, 0.6) is 11.5 Å². The first kappa shape index (κ1) is 19.1. The summed E-state index contributed by atoms with van der Waals surface area (Å²) in [6.45, 7) is 0. The Morgan fingerprint density at radius 2 is 1.10 bits per heavy atom. The van der Waals surface area contributed by atoms with Gasteiger partial charge in [0.05, 0.1) is 0 Å². The van der Waals surface area contributed by atoms with Crippen LogP contribution in [-0.4, -0.2) is 5.11 Å². The second kappa shape index (κ2) is 6.92. The van der Waals surface area contributed by atoms with E-state index in [1.54, 1.807) is 0 Å². The maximum Gasteiger partial charge on any atom is 0.148 e. The number of aliphatic hydroxyl groups is 1. The van der Waals surface area contributed by atoms with E-state index in [0.717, 1.165) is 47.2 Å². The van der Waals surface area contributed by atoms with E-state index in [2.05, 4.69) is 56.1 Å². The topological polar surface area (TPSA) is 29.5 Å². The average Bonchev–Trinajstić information content (AvgIpc) is 2.78. The molecule has 1 heterocycles. The molecule has 0 aliphatic carbocycles. The molecular formula is C27H16Br2O2. The maximum absolute atomic E-state index is 12.7. The Bertz CT molecular complexity index is 1400. The Balaban J connectivity index is 1.83. The maximum atomic E-state index is 12.7. The zero-order chi connectivity index (χ0) is 21.2. The van der Waals surface area contributed by atoms with Gasteiger partial charge in [0.25, 0.3) is 0 Å². The lowest BCUT2D eigenvalue weighted by Gasteiger charge is -2.38. The minimum atomic E-state index is -1.38. The van der Waals surface area contributed by atoms with Crippen LogP contribution in [-0.2, 0) is 5.60 Å². The van der Waals surface area contributed by atoms with Crippen LogP contribution in [0.1, 0.15) is 16.7 Å². The average molecular weight is 532 g/mol. The van der Waals surface area contributed by atoms with Gasteiger partial charge in [-0.25, -0.2) is 0 Å². The van der Waals surface area contributed by atoms with Crippen molar-refractivity contribution in [1.82, 2.24) is 0 Å². The van der Waals surface area contributed by atoms with Gasteiger partial charge < -0.3 is 9.84 Å². The molecule has 0 amide bonds. The minimum Gasteiger partial charge on any atom is -0.456 e. The molecular weight excluding hydrogens is 516 g/mol. The summed E-state index contributed by atoms with van der Waals surface area (Å²) >= 11 is 7.21. The smallest absolute Gasteiger partial charge is 0.148 e. The number of ether oxygens (including phenoxy) is 1. The lowest BCUT2D eigenvalue weighted by Crippen LogP contribution is -2.33. The van der Waals surface area contributed by atoms with Gasteiger partial charge in [-0.2, -0.15) is 0 Å². The van der Waals surface area contributed by atoms with Gasteiger partial charge in [0.1, 0.15) is 17.1 Å². The number of hydrogen-bond donors (Lipinski definition) is 1. The fourth-order valence-electron chi connectivity index (χ4n) is 4.67. The van der Waals surface area contributed by atoms with E-state index in [1.165, 1.54) is 0 Å². The first-order valence-electron chi connectivity index (χ1n) is 9.97. The molecule has 5 aromatic carbocycles. The summed E-state index contributed by atoms with van der Waals surface area (Å²) in [4.78, 5) is 0. The highest BCUT2D eigenvalue weighted by Gasteiger charge is 2.44. The largest absolute Gasteiger partial charge is 0.456 e. The molecule has 0 fully saturated rings. The SMILES string of the molecule is OC1(c2ccccc2)c2c(ccc3ccc(Br)cc23)Oc2ccc3ccc(Br)cc3c21. The highest BCUT2D eigenvalue weighted by atomic mass is 79.9. The number of fused-ring (bicyclic) bond motifs is 6. The van der Waals surface area contributed by atoms with E-state index >= 15 is 0 Å². The third kappa shape index (κ3) is 2.79. The van der Waals surface area contributed by atoms with Crippen molar-refractivity contribution in [2.75, 3.05) is 0 Å². The third-order valence-electron chi connectivity index (χ3n) is 6.03. The van der Waals surface area contributed by atoms with Crippen LogP contribution in [0, 0.1) is 0 Å². The van der Waals surface area contributed by atoms with E-state index in [4.69, 9.17) is 4.74 Å². The molecule has 2 nitrogen and oxygen atoms in total. The Labute approximate surface area is 196 Å². The van der Waals surface area contributed by atoms with E-state index in [9.17, 15) is 5.11 Å². The monoisotopic (exact) mass is 530 g/mol. The fraction of sp³-hybridized carbons (Fsp3) is 0.0370. The second-order valence-corrected chi connectivity index (χ2v) is 9.62. The lowest BCUT2D eigenvalue weighted by atomic mass is 9.74. The summed E-state index contributed by atoms with van der Waals surface area (Å²) in [6.07, 6.45) is 0.